The molecule has 3 aromatic heterocycles. The van der Waals surface area contributed by atoms with Crippen LogP contribution in [-0.2, 0) is 0 Å². The van der Waals surface area contributed by atoms with Crippen molar-refractivity contribution in [3.63, 3.8) is 0 Å². The minimum atomic E-state index is -0.0522. The zero-order valence-corrected chi connectivity index (χ0v) is 14.5. The van der Waals surface area contributed by atoms with Gasteiger partial charge in [-0.15, -0.1) is 0 Å². The molecule has 1 unspecified atom stereocenters. The lowest BCUT2D eigenvalue weighted by Gasteiger charge is -2.24. The number of carbonyl (C=O) groups excluding carboxylic acids is 1. The smallest absolute Gasteiger partial charge is 0.258 e. The molecule has 1 amide bonds. The Hall–Kier alpha value is -2.83. The minimum Gasteiger partial charge on any atom is -0.336 e. The van der Waals surface area contributed by atoms with Gasteiger partial charge in [0.25, 0.3) is 11.6 Å². The van der Waals surface area contributed by atoms with Crippen molar-refractivity contribution in [1.29, 1.82) is 0 Å². The third-order valence-corrected chi connectivity index (χ3v) is 4.60. The van der Waals surface area contributed by atoms with Gasteiger partial charge in [0.05, 0.1) is 40.3 Å². The predicted octanol–water partition coefficient (Wildman–Crippen LogP) is 2.92. The van der Waals surface area contributed by atoms with Crippen LogP contribution in [0.4, 0.5) is 0 Å². The van der Waals surface area contributed by atoms with Gasteiger partial charge in [0, 0.05) is 18.4 Å². The van der Waals surface area contributed by atoms with Gasteiger partial charge in [-0.2, -0.15) is 0 Å². The second-order valence-electron chi connectivity index (χ2n) is 6.50. The first kappa shape index (κ1) is 15.7. The number of amides is 1. The predicted molar refractivity (Wildman–Crippen MR) is 91.1 cm³/mol. The van der Waals surface area contributed by atoms with E-state index in [1.54, 1.807) is 12.4 Å². The molecule has 0 aromatic carbocycles. The van der Waals surface area contributed by atoms with Gasteiger partial charge in [-0.25, -0.2) is 4.98 Å². The van der Waals surface area contributed by atoms with Crippen LogP contribution in [0.2, 0.25) is 0 Å². The Morgan fingerprint density at radius 1 is 1.20 bits per heavy atom. The molecule has 25 heavy (non-hydrogen) atoms. The largest absolute Gasteiger partial charge is 0.336 e. The molecule has 3 aromatic rings. The zero-order chi connectivity index (χ0) is 17.6. The van der Waals surface area contributed by atoms with Crippen molar-refractivity contribution in [1.82, 2.24) is 25.0 Å². The van der Waals surface area contributed by atoms with Crippen LogP contribution in [0.1, 0.15) is 52.0 Å². The van der Waals surface area contributed by atoms with E-state index in [-0.39, 0.29) is 11.9 Å². The van der Waals surface area contributed by atoms with E-state index in [0.29, 0.717) is 28.9 Å². The van der Waals surface area contributed by atoms with Crippen molar-refractivity contribution in [2.24, 2.45) is 0 Å². The highest BCUT2D eigenvalue weighted by Gasteiger charge is 2.33. The van der Waals surface area contributed by atoms with Gasteiger partial charge >= 0.3 is 0 Å². The maximum absolute atomic E-state index is 13.3. The molecular weight excluding hydrogens is 318 g/mol. The number of pyridine rings is 1. The summed E-state index contributed by atoms with van der Waals surface area (Å²) in [4.78, 5) is 28.3. The average molecular weight is 337 g/mol. The molecule has 4 heterocycles. The van der Waals surface area contributed by atoms with Gasteiger partial charge in [0.2, 0.25) is 0 Å². The van der Waals surface area contributed by atoms with Crippen molar-refractivity contribution < 1.29 is 9.32 Å². The molecule has 1 fully saturated rings. The molecule has 0 radical (unpaired) electrons. The fourth-order valence-electron chi connectivity index (χ4n) is 3.50. The van der Waals surface area contributed by atoms with E-state index in [1.807, 2.05) is 31.7 Å². The second kappa shape index (κ2) is 5.91. The van der Waals surface area contributed by atoms with Crippen molar-refractivity contribution >= 4 is 17.0 Å². The van der Waals surface area contributed by atoms with Crippen LogP contribution in [0.5, 0.6) is 0 Å². The van der Waals surface area contributed by atoms with Crippen LogP contribution in [0.3, 0.4) is 0 Å². The first-order valence-electron chi connectivity index (χ1n) is 8.37. The highest BCUT2D eigenvalue weighted by molar-refractivity contribution is 6.06. The number of likely N-dealkylation sites (tertiary alicyclic amines) is 1. The number of aryl methyl sites for hydroxylation is 3. The van der Waals surface area contributed by atoms with E-state index in [2.05, 4.69) is 20.1 Å². The molecule has 0 N–H and O–H groups in total. The molecule has 1 atom stereocenters. The number of fused-ring (bicyclic) bond motifs is 1. The monoisotopic (exact) mass is 337 g/mol. The summed E-state index contributed by atoms with van der Waals surface area (Å²) in [7, 11) is 0. The standard InChI is InChI=1S/C18H19N5O2/c1-10-7-13(16-12(3)22-25-17(16)21-10)18(24)23-6-4-5-15(23)14-9-19-8-11(2)20-14/h7-9,15H,4-6H2,1-3H3. The zero-order valence-electron chi connectivity index (χ0n) is 14.5. The lowest BCUT2D eigenvalue weighted by molar-refractivity contribution is 0.0734. The maximum atomic E-state index is 13.3. The third kappa shape index (κ3) is 2.65. The van der Waals surface area contributed by atoms with Crippen LogP contribution in [0, 0.1) is 20.8 Å². The average Bonchev–Trinajstić information content (AvgIpc) is 3.21. The summed E-state index contributed by atoms with van der Waals surface area (Å²) in [6.45, 7) is 6.29. The quantitative estimate of drug-likeness (QED) is 0.715. The third-order valence-electron chi connectivity index (χ3n) is 4.60. The normalized spacial score (nSPS) is 17.4. The molecule has 128 valence electrons. The van der Waals surface area contributed by atoms with E-state index in [9.17, 15) is 4.79 Å². The van der Waals surface area contributed by atoms with Crippen LogP contribution >= 0.6 is 0 Å². The summed E-state index contributed by atoms with van der Waals surface area (Å²) >= 11 is 0. The lowest BCUT2D eigenvalue weighted by atomic mass is 10.1. The molecule has 4 rings (SSSR count). The molecule has 1 aliphatic rings. The molecule has 0 aliphatic carbocycles. The van der Waals surface area contributed by atoms with Gasteiger partial charge in [-0.3, -0.25) is 14.8 Å². The lowest BCUT2D eigenvalue weighted by Crippen LogP contribution is -2.31. The molecule has 1 aliphatic heterocycles. The molecule has 7 heteroatoms. The second-order valence-corrected chi connectivity index (χ2v) is 6.50. The number of carbonyl (C=O) groups is 1. The summed E-state index contributed by atoms with van der Waals surface area (Å²) in [5.41, 5.74) is 4.11. The van der Waals surface area contributed by atoms with E-state index in [1.165, 1.54) is 0 Å². The highest BCUT2D eigenvalue weighted by Crippen LogP contribution is 2.33. The van der Waals surface area contributed by atoms with Crippen LogP contribution in [0.15, 0.2) is 23.0 Å². The Morgan fingerprint density at radius 2 is 2.04 bits per heavy atom. The van der Waals surface area contributed by atoms with E-state index >= 15 is 0 Å². The Bertz CT molecular complexity index is 965. The minimum absolute atomic E-state index is 0.0346. The van der Waals surface area contributed by atoms with Crippen molar-refractivity contribution in [3.8, 4) is 0 Å². The Kier molecular flexibility index (Phi) is 3.71. The number of hydrogen-bond donors (Lipinski definition) is 0. The first-order chi connectivity index (χ1) is 12.0. The van der Waals surface area contributed by atoms with E-state index in [4.69, 9.17) is 4.52 Å². The summed E-state index contributed by atoms with van der Waals surface area (Å²) in [5, 5.41) is 4.66. The van der Waals surface area contributed by atoms with Crippen molar-refractivity contribution in [3.05, 3.63) is 46.8 Å². The summed E-state index contributed by atoms with van der Waals surface area (Å²) in [6, 6.07) is 1.76. The van der Waals surface area contributed by atoms with Crippen LogP contribution in [-0.4, -0.2) is 37.5 Å². The topological polar surface area (TPSA) is 85.0 Å². The van der Waals surface area contributed by atoms with Gasteiger partial charge in [-0.1, -0.05) is 5.16 Å². The first-order valence-corrected chi connectivity index (χ1v) is 8.37. The van der Waals surface area contributed by atoms with Crippen LogP contribution in [0.25, 0.3) is 11.1 Å². The number of hydrogen-bond acceptors (Lipinski definition) is 6. The number of rotatable bonds is 2. The Labute approximate surface area is 145 Å². The van der Waals surface area contributed by atoms with Gasteiger partial charge in [0.1, 0.15) is 0 Å². The molecule has 1 saturated heterocycles. The Balaban J connectivity index is 1.77. The SMILES string of the molecule is Cc1cncc(C2CCCN2C(=O)c2cc(C)nc3onc(C)c23)n1. The number of aromatic nitrogens is 4. The summed E-state index contributed by atoms with van der Waals surface area (Å²) < 4.78 is 5.26. The van der Waals surface area contributed by atoms with Gasteiger partial charge in [-0.05, 0) is 39.7 Å². The molecule has 7 nitrogen and oxygen atoms in total. The Morgan fingerprint density at radius 3 is 2.84 bits per heavy atom. The molecular formula is C18H19N5O2. The summed E-state index contributed by atoms with van der Waals surface area (Å²) in [5.74, 6) is -0.0346. The maximum Gasteiger partial charge on any atom is 0.258 e. The molecule has 0 spiro atoms. The summed E-state index contributed by atoms with van der Waals surface area (Å²) in [6.07, 6.45) is 5.31. The van der Waals surface area contributed by atoms with E-state index < -0.39 is 0 Å². The fraction of sp³-hybridized carbons (Fsp3) is 0.389. The van der Waals surface area contributed by atoms with Gasteiger partial charge in [0.15, 0.2) is 0 Å². The fourth-order valence-corrected chi connectivity index (χ4v) is 3.50. The molecule has 0 saturated carbocycles. The van der Waals surface area contributed by atoms with E-state index in [0.717, 1.165) is 29.9 Å². The van der Waals surface area contributed by atoms with Crippen LogP contribution < -0.4 is 0 Å². The molecule has 0 bridgehead atoms. The highest BCUT2D eigenvalue weighted by atomic mass is 16.5. The van der Waals surface area contributed by atoms with Crippen molar-refractivity contribution in [2.45, 2.75) is 39.7 Å². The number of nitrogens with zero attached hydrogens (tertiary/aromatic N) is 5. The van der Waals surface area contributed by atoms with Crippen molar-refractivity contribution in [2.75, 3.05) is 6.54 Å². The van der Waals surface area contributed by atoms with Gasteiger partial charge < -0.3 is 9.42 Å².